The van der Waals surface area contributed by atoms with Crippen LogP contribution < -0.4 is 22.0 Å². The van der Waals surface area contributed by atoms with Crippen LogP contribution in [0.3, 0.4) is 0 Å². The fraction of sp³-hybridized carbons (Fsp3) is 0.536. The van der Waals surface area contributed by atoms with Gasteiger partial charge in [0.25, 0.3) is 5.56 Å². The smallest absolute Gasteiger partial charge is 0.311 e. The Kier molecular flexibility index (Phi) is 9.02. The highest BCUT2D eigenvalue weighted by molar-refractivity contribution is 5.76. The van der Waals surface area contributed by atoms with Gasteiger partial charge in [-0.05, 0) is 56.7 Å². The number of aryl methyl sites for hydroxylation is 2. The third-order valence-electron chi connectivity index (χ3n) is 7.46. The molecular weight excluding hydrogens is 468 g/mol. The van der Waals surface area contributed by atoms with Gasteiger partial charge < -0.3 is 24.9 Å². The molecule has 1 aliphatic rings. The summed E-state index contributed by atoms with van der Waals surface area (Å²) in [6, 6.07) is 7.40. The number of methoxy groups -OCH3 is 1. The molecule has 3 rings (SSSR count). The number of esters is 1. The van der Waals surface area contributed by atoms with Crippen LogP contribution >= 0.6 is 0 Å². The number of nitrogens with zero attached hydrogens (tertiary/aromatic N) is 4. The number of aromatic nitrogens is 2. The Hall–Kier alpha value is -3.33. The Morgan fingerprint density at radius 2 is 1.97 bits per heavy atom. The van der Waals surface area contributed by atoms with E-state index in [0.717, 1.165) is 55.7 Å². The molecule has 9 nitrogen and oxygen atoms in total. The number of hydrogen-bond acceptors (Lipinski definition) is 8. The summed E-state index contributed by atoms with van der Waals surface area (Å²) in [6.45, 7) is 9.93. The van der Waals surface area contributed by atoms with Gasteiger partial charge in [-0.25, -0.2) is 10.8 Å². The van der Waals surface area contributed by atoms with Gasteiger partial charge in [-0.2, -0.15) is 0 Å². The van der Waals surface area contributed by atoms with Crippen molar-refractivity contribution in [1.29, 1.82) is 0 Å². The van der Waals surface area contributed by atoms with Gasteiger partial charge in [0.1, 0.15) is 0 Å². The number of rotatable bonds is 10. The molecule has 0 saturated carbocycles. The van der Waals surface area contributed by atoms with Crippen LogP contribution in [0.15, 0.2) is 41.0 Å². The van der Waals surface area contributed by atoms with Gasteiger partial charge in [-0.1, -0.05) is 26.3 Å². The Morgan fingerprint density at radius 1 is 1.24 bits per heavy atom. The van der Waals surface area contributed by atoms with Crippen LogP contribution in [0.5, 0.6) is 0 Å². The van der Waals surface area contributed by atoms with E-state index in [-0.39, 0.29) is 24.0 Å². The molecule has 2 aromatic rings. The lowest BCUT2D eigenvalue weighted by Gasteiger charge is -2.29. The van der Waals surface area contributed by atoms with E-state index < -0.39 is 5.41 Å². The van der Waals surface area contributed by atoms with E-state index in [1.807, 2.05) is 38.2 Å². The molecular formula is C28H42N6O3. The lowest BCUT2D eigenvalue weighted by atomic mass is 9.78. The van der Waals surface area contributed by atoms with Crippen LogP contribution in [0, 0.1) is 11.3 Å². The second-order valence-electron chi connectivity index (χ2n) is 10.4. The van der Waals surface area contributed by atoms with Crippen molar-refractivity contribution in [2.75, 3.05) is 32.1 Å². The molecule has 0 aromatic carbocycles. The number of pyridine rings is 2. The SMILES string of the molecule is CCCc1ccc(=O)n(C/C(=C(/N)c2ccc(N3CCC(C(C)(C)C(=O)OC)C3)c(CC)n2)N(C)N)c1. The Bertz CT molecular complexity index is 1200. The topological polar surface area (TPSA) is 120 Å². The third-order valence-corrected chi connectivity index (χ3v) is 7.46. The minimum atomic E-state index is -0.552. The number of allylic oxidation sites excluding steroid dienone is 1. The summed E-state index contributed by atoms with van der Waals surface area (Å²) in [5.74, 6) is 6.17. The summed E-state index contributed by atoms with van der Waals surface area (Å²) < 4.78 is 6.68. The lowest BCUT2D eigenvalue weighted by Crippen LogP contribution is -2.36. The van der Waals surface area contributed by atoms with Crippen molar-refractivity contribution in [3.63, 3.8) is 0 Å². The van der Waals surface area contributed by atoms with Gasteiger partial charge in [0.05, 0.1) is 47.5 Å². The first kappa shape index (κ1) is 28.2. The number of anilines is 1. The lowest BCUT2D eigenvalue weighted by molar-refractivity contribution is -0.153. The number of carbonyl (C=O) groups is 1. The van der Waals surface area contributed by atoms with E-state index in [1.54, 1.807) is 17.7 Å². The fourth-order valence-electron chi connectivity index (χ4n) is 5.03. The Morgan fingerprint density at radius 3 is 2.59 bits per heavy atom. The molecule has 1 unspecified atom stereocenters. The predicted molar refractivity (Wildman–Crippen MR) is 147 cm³/mol. The van der Waals surface area contributed by atoms with Crippen LogP contribution in [-0.4, -0.2) is 47.8 Å². The van der Waals surface area contributed by atoms with Crippen LogP contribution in [0.25, 0.3) is 5.70 Å². The van der Waals surface area contributed by atoms with Crippen LogP contribution in [-0.2, 0) is 28.9 Å². The number of ether oxygens (including phenoxy) is 1. The van der Waals surface area contributed by atoms with Crippen molar-refractivity contribution in [1.82, 2.24) is 14.6 Å². The largest absolute Gasteiger partial charge is 0.469 e. The molecule has 0 spiro atoms. The average molecular weight is 511 g/mol. The molecule has 1 saturated heterocycles. The van der Waals surface area contributed by atoms with Crippen LogP contribution in [0.1, 0.15) is 57.5 Å². The number of hydrogen-bond donors (Lipinski definition) is 2. The molecule has 2 aromatic heterocycles. The summed E-state index contributed by atoms with van der Waals surface area (Å²) in [5.41, 5.74) is 10.7. The van der Waals surface area contributed by atoms with Crippen molar-refractivity contribution in [3.05, 3.63) is 63.5 Å². The van der Waals surface area contributed by atoms with Crippen LogP contribution in [0.2, 0.25) is 0 Å². The first-order valence-corrected chi connectivity index (χ1v) is 13.0. The number of hydrazine groups is 1. The molecule has 0 bridgehead atoms. The molecule has 1 atom stereocenters. The standard InChI is InChI=1S/C28H42N6O3/c1-7-9-19-10-13-25(35)34(16-19)18-24(32(5)30)26(29)22-11-12-23(21(8-2)31-22)33-15-14-20(17-33)28(3,4)27(36)37-6/h10-13,16,20H,7-9,14-15,17-18,29-30H2,1-6H3/b26-24-. The van der Waals surface area contributed by atoms with Crippen molar-refractivity contribution in [3.8, 4) is 0 Å². The highest BCUT2D eigenvalue weighted by Gasteiger charge is 2.41. The van der Waals surface area contributed by atoms with Crippen LogP contribution in [0.4, 0.5) is 5.69 Å². The molecule has 0 radical (unpaired) electrons. The molecule has 4 N–H and O–H groups in total. The summed E-state index contributed by atoms with van der Waals surface area (Å²) in [5, 5.41) is 1.45. The maximum absolute atomic E-state index is 12.5. The first-order chi connectivity index (χ1) is 17.5. The zero-order chi connectivity index (χ0) is 27.3. The summed E-state index contributed by atoms with van der Waals surface area (Å²) in [4.78, 5) is 32.0. The summed E-state index contributed by atoms with van der Waals surface area (Å²) in [6.07, 6.45) is 5.39. The second kappa shape index (κ2) is 11.8. The van der Waals surface area contributed by atoms with Crippen molar-refractivity contribution in [2.45, 2.75) is 59.9 Å². The molecule has 9 heteroatoms. The molecule has 202 valence electrons. The molecule has 1 fully saturated rings. The van der Waals surface area contributed by atoms with Gasteiger partial charge in [-0.3, -0.25) is 9.59 Å². The number of nitrogens with two attached hydrogens (primary N) is 2. The molecule has 0 amide bonds. The van der Waals surface area contributed by atoms with E-state index in [9.17, 15) is 9.59 Å². The minimum absolute atomic E-state index is 0.108. The van der Waals surface area contributed by atoms with Crippen molar-refractivity contribution in [2.24, 2.45) is 22.9 Å². The zero-order valence-electron chi connectivity index (χ0n) is 23.1. The van der Waals surface area contributed by atoms with E-state index in [4.69, 9.17) is 21.3 Å². The maximum Gasteiger partial charge on any atom is 0.311 e. The Balaban J connectivity index is 1.91. The number of likely N-dealkylation sites (N-methyl/N-ethyl adjacent to an activating group) is 1. The highest BCUT2D eigenvalue weighted by atomic mass is 16.5. The van der Waals surface area contributed by atoms with E-state index in [0.29, 0.717) is 17.1 Å². The monoisotopic (exact) mass is 510 g/mol. The van der Waals surface area contributed by atoms with Gasteiger partial charge in [0, 0.05) is 32.4 Å². The maximum atomic E-state index is 12.5. The van der Waals surface area contributed by atoms with Gasteiger partial charge >= 0.3 is 5.97 Å². The molecule has 0 aliphatic carbocycles. The van der Waals surface area contributed by atoms with Gasteiger partial charge in [-0.15, -0.1) is 0 Å². The average Bonchev–Trinajstić information content (AvgIpc) is 3.38. The van der Waals surface area contributed by atoms with Crippen molar-refractivity contribution < 1.29 is 9.53 Å². The molecule has 37 heavy (non-hydrogen) atoms. The molecule has 3 heterocycles. The second-order valence-corrected chi connectivity index (χ2v) is 10.4. The normalized spacial score (nSPS) is 16.5. The zero-order valence-corrected chi connectivity index (χ0v) is 23.1. The minimum Gasteiger partial charge on any atom is -0.469 e. The Labute approximate surface area is 220 Å². The van der Waals surface area contributed by atoms with E-state index in [1.165, 1.54) is 12.1 Å². The van der Waals surface area contributed by atoms with E-state index in [2.05, 4.69) is 18.7 Å². The summed E-state index contributed by atoms with van der Waals surface area (Å²) in [7, 11) is 3.16. The quantitative estimate of drug-likeness (QED) is 0.284. The fourth-order valence-corrected chi connectivity index (χ4v) is 5.03. The predicted octanol–water partition coefficient (Wildman–Crippen LogP) is 2.92. The summed E-state index contributed by atoms with van der Waals surface area (Å²) >= 11 is 0. The first-order valence-electron chi connectivity index (χ1n) is 13.0. The molecule has 1 aliphatic heterocycles. The van der Waals surface area contributed by atoms with Crippen molar-refractivity contribution >= 4 is 17.4 Å². The van der Waals surface area contributed by atoms with Gasteiger partial charge in [0.2, 0.25) is 0 Å². The van der Waals surface area contributed by atoms with Gasteiger partial charge in [0.15, 0.2) is 0 Å². The van der Waals surface area contributed by atoms with E-state index >= 15 is 0 Å². The third kappa shape index (κ3) is 6.15. The number of carbonyl (C=O) groups excluding carboxylic acids is 1. The highest BCUT2D eigenvalue weighted by Crippen LogP contribution is 2.38.